The lowest BCUT2D eigenvalue weighted by Crippen LogP contribution is -2.25. The van der Waals surface area contributed by atoms with E-state index in [-0.39, 0.29) is 11.8 Å². The molecule has 2 rings (SSSR count). The van der Waals surface area contributed by atoms with E-state index < -0.39 is 0 Å². The third-order valence-electron chi connectivity index (χ3n) is 2.24. The van der Waals surface area contributed by atoms with Crippen molar-refractivity contribution in [2.75, 3.05) is 5.32 Å². The Morgan fingerprint density at radius 3 is 2.81 bits per heavy atom. The van der Waals surface area contributed by atoms with Crippen molar-refractivity contribution in [3.63, 3.8) is 0 Å². The Bertz CT molecular complexity index is 427. The van der Waals surface area contributed by atoms with Crippen molar-refractivity contribution < 1.29 is 9.59 Å². The van der Waals surface area contributed by atoms with Crippen LogP contribution in [0.5, 0.6) is 0 Å². The number of carbonyl (C=O) groups excluding carboxylic acids is 2. The molecule has 5 heteroatoms. The maximum absolute atomic E-state index is 11.7. The number of hydrogen-bond acceptors (Lipinski definition) is 3. The average Bonchev–Trinajstić information content (AvgIpc) is 3.01. The number of nitrogens with one attached hydrogen (secondary N) is 2. The van der Waals surface area contributed by atoms with Crippen LogP contribution < -0.4 is 10.6 Å². The van der Waals surface area contributed by atoms with Gasteiger partial charge < -0.3 is 10.6 Å². The summed E-state index contributed by atoms with van der Waals surface area (Å²) in [4.78, 5) is 26.5. The highest BCUT2D eigenvalue weighted by molar-refractivity contribution is 5.96. The molecule has 0 saturated heterocycles. The van der Waals surface area contributed by atoms with Gasteiger partial charge in [0.05, 0.1) is 0 Å². The molecule has 1 saturated carbocycles. The fraction of sp³-hybridized carbons (Fsp3) is 0.364. The van der Waals surface area contributed by atoms with Crippen LogP contribution in [0.15, 0.2) is 18.3 Å². The van der Waals surface area contributed by atoms with Gasteiger partial charge in [-0.3, -0.25) is 9.59 Å². The Hall–Kier alpha value is -1.91. The number of nitrogens with zero attached hydrogens (tertiary/aromatic N) is 1. The Balaban J connectivity index is 2.07. The minimum absolute atomic E-state index is 0.114. The van der Waals surface area contributed by atoms with Crippen molar-refractivity contribution >= 4 is 17.6 Å². The van der Waals surface area contributed by atoms with Gasteiger partial charge in [0.25, 0.3) is 5.91 Å². The van der Waals surface area contributed by atoms with E-state index >= 15 is 0 Å². The lowest BCUT2D eigenvalue weighted by Gasteiger charge is -2.05. The third-order valence-corrected chi connectivity index (χ3v) is 2.24. The summed E-state index contributed by atoms with van der Waals surface area (Å²) >= 11 is 0. The Kier molecular flexibility index (Phi) is 2.85. The highest BCUT2D eigenvalue weighted by Crippen LogP contribution is 2.19. The fourth-order valence-corrected chi connectivity index (χ4v) is 1.32. The van der Waals surface area contributed by atoms with Crippen molar-refractivity contribution in [2.45, 2.75) is 25.8 Å². The smallest absolute Gasteiger partial charge is 0.251 e. The van der Waals surface area contributed by atoms with Crippen LogP contribution >= 0.6 is 0 Å². The van der Waals surface area contributed by atoms with Gasteiger partial charge in [0, 0.05) is 24.7 Å². The van der Waals surface area contributed by atoms with Gasteiger partial charge in [0.2, 0.25) is 5.91 Å². The molecule has 0 bridgehead atoms. The number of anilines is 1. The van der Waals surface area contributed by atoms with Crippen LogP contribution in [-0.2, 0) is 4.79 Å². The lowest BCUT2D eigenvalue weighted by molar-refractivity contribution is -0.114. The van der Waals surface area contributed by atoms with Gasteiger partial charge in [0.1, 0.15) is 5.82 Å². The number of aromatic nitrogens is 1. The molecule has 1 aliphatic rings. The summed E-state index contributed by atoms with van der Waals surface area (Å²) in [5, 5.41) is 5.41. The molecule has 2 N–H and O–H groups in total. The first-order valence-corrected chi connectivity index (χ1v) is 5.19. The molecular weight excluding hydrogens is 206 g/mol. The van der Waals surface area contributed by atoms with Gasteiger partial charge in [-0.1, -0.05) is 0 Å². The summed E-state index contributed by atoms with van der Waals surface area (Å²) in [6, 6.07) is 3.52. The third kappa shape index (κ3) is 2.79. The number of amides is 2. The van der Waals surface area contributed by atoms with Crippen LogP contribution in [0.25, 0.3) is 0 Å². The van der Waals surface area contributed by atoms with E-state index in [4.69, 9.17) is 0 Å². The minimum atomic E-state index is -0.202. The SMILES string of the molecule is CC(=O)Nc1cc(C(=O)NC2CC2)ccn1. The lowest BCUT2D eigenvalue weighted by atomic mass is 10.2. The Morgan fingerprint density at radius 1 is 1.44 bits per heavy atom. The molecular formula is C11H13N3O2. The summed E-state index contributed by atoms with van der Waals surface area (Å²) in [5.74, 6) is 0.0831. The van der Waals surface area contributed by atoms with Gasteiger partial charge in [0.15, 0.2) is 0 Å². The van der Waals surface area contributed by atoms with Crippen molar-refractivity contribution in [3.05, 3.63) is 23.9 Å². The molecule has 16 heavy (non-hydrogen) atoms. The quantitative estimate of drug-likeness (QED) is 0.794. The molecule has 0 radical (unpaired) electrons. The monoisotopic (exact) mass is 219 g/mol. The second kappa shape index (κ2) is 4.30. The molecule has 1 fully saturated rings. The van der Waals surface area contributed by atoms with Crippen LogP contribution in [0.2, 0.25) is 0 Å². The largest absolute Gasteiger partial charge is 0.349 e. The molecule has 84 valence electrons. The first-order chi connectivity index (χ1) is 7.65. The van der Waals surface area contributed by atoms with Crippen LogP contribution in [0, 0.1) is 0 Å². The molecule has 5 nitrogen and oxygen atoms in total. The highest BCUT2D eigenvalue weighted by Gasteiger charge is 2.23. The molecule has 0 aliphatic heterocycles. The summed E-state index contributed by atoms with van der Waals surface area (Å²) in [7, 11) is 0. The summed E-state index contributed by atoms with van der Waals surface area (Å²) in [6.45, 7) is 1.40. The average molecular weight is 219 g/mol. The van der Waals surface area contributed by atoms with Crippen LogP contribution in [0.4, 0.5) is 5.82 Å². The zero-order valence-corrected chi connectivity index (χ0v) is 8.99. The highest BCUT2D eigenvalue weighted by atomic mass is 16.2. The molecule has 2 amide bonds. The molecule has 0 unspecified atom stereocenters. The van der Waals surface area contributed by atoms with Gasteiger partial charge in [-0.05, 0) is 25.0 Å². The molecule has 0 aromatic carbocycles. The number of pyridine rings is 1. The number of carbonyl (C=O) groups is 2. The molecule has 0 atom stereocenters. The topological polar surface area (TPSA) is 71.1 Å². The predicted octanol–water partition coefficient (Wildman–Crippen LogP) is 0.932. The molecule has 1 aliphatic carbocycles. The molecule has 1 aromatic heterocycles. The Labute approximate surface area is 93.3 Å². The number of hydrogen-bond donors (Lipinski definition) is 2. The zero-order chi connectivity index (χ0) is 11.5. The molecule has 1 aromatic rings. The minimum Gasteiger partial charge on any atom is -0.349 e. The fourth-order valence-electron chi connectivity index (χ4n) is 1.32. The second-order valence-corrected chi connectivity index (χ2v) is 3.86. The maximum Gasteiger partial charge on any atom is 0.251 e. The van der Waals surface area contributed by atoms with Crippen LogP contribution in [-0.4, -0.2) is 22.8 Å². The first-order valence-electron chi connectivity index (χ1n) is 5.19. The second-order valence-electron chi connectivity index (χ2n) is 3.86. The van der Waals surface area contributed by atoms with E-state index in [1.165, 1.54) is 13.1 Å². The van der Waals surface area contributed by atoms with Gasteiger partial charge >= 0.3 is 0 Å². The van der Waals surface area contributed by atoms with E-state index in [9.17, 15) is 9.59 Å². The van der Waals surface area contributed by atoms with E-state index in [1.54, 1.807) is 12.1 Å². The maximum atomic E-state index is 11.7. The van der Waals surface area contributed by atoms with Gasteiger partial charge in [-0.2, -0.15) is 0 Å². The van der Waals surface area contributed by atoms with Crippen LogP contribution in [0.3, 0.4) is 0 Å². The first kappa shape index (κ1) is 10.6. The van der Waals surface area contributed by atoms with E-state index in [2.05, 4.69) is 15.6 Å². The van der Waals surface area contributed by atoms with Gasteiger partial charge in [-0.15, -0.1) is 0 Å². The standard InChI is InChI=1S/C11H13N3O2/c1-7(15)13-10-6-8(4-5-12-10)11(16)14-9-2-3-9/h4-6,9H,2-3H2,1H3,(H,14,16)(H,12,13,15). The van der Waals surface area contributed by atoms with Crippen molar-refractivity contribution in [1.29, 1.82) is 0 Å². The number of rotatable bonds is 3. The summed E-state index contributed by atoms with van der Waals surface area (Å²) < 4.78 is 0. The van der Waals surface area contributed by atoms with Crippen LogP contribution in [0.1, 0.15) is 30.1 Å². The zero-order valence-electron chi connectivity index (χ0n) is 8.99. The van der Waals surface area contributed by atoms with Crippen molar-refractivity contribution in [3.8, 4) is 0 Å². The summed E-state index contributed by atoms with van der Waals surface area (Å²) in [5.41, 5.74) is 0.519. The molecule has 1 heterocycles. The van der Waals surface area contributed by atoms with E-state index in [0.29, 0.717) is 17.4 Å². The molecule has 0 spiro atoms. The van der Waals surface area contributed by atoms with E-state index in [1.807, 2.05) is 0 Å². The summed E-state index contributed by atoms with van der Waals surface area (Å²) in [6.07, 6.45) is 3.61. The Morgan fingerprint density at radius 2 is 2.19 bits per heavy atom. The normalized spacial score (nSPS) is 14.3. The predicted molar refractivity (Wildman–Crippen MR) is 59.0 cm³/mol. The van der Waals surface area contributed by atoms with Gasteiger partial charge in [-0.25, -0.2) is 4.98 Å². The van der Waals surface area contributed by atoms with E-state index in [0.717, 1.165) is 12.8 Å². The van der Waals surface area contributed by atoms with Crippen molar-refractivity contribution in [2.24, 2.45) is 0 Å². The van der Waals surface area contributed by atoms with Crippen molar-refractivity contribution in [1.82, 2.24) is 10.3 Å².